The number of rotatable bonds is 11. The summed E-state index contributed by atoms with van der Waals surface area (Å²) in [5.74, 6) is -0.1000. The van der Waals surface area contributed by atoms with E-state index in [0.29, 0.717) is 19.8 Å². The topological polar surface area (TPSA) is 66.5 Å². The highest BCUT2D eigenvalue weighted by Gasteiger charge is 2.62. The van der Waals surface area contributed by atoms with Gasteiger partial charge in [0.2, 0.25) is 5.91 Å². The molecule has 0 aromatic heterocycles. The monoisotopic (exact) mass is 517 g/mol. The van der Waals surface area contributed by atoms with Crippen LogP contribution in [0.2, 0.25) is 0 Å². The van der Waals surface area contributed by atoms with E-state index in [2.05, 4.69) is 0 Å². The summed E-state index contributed by atoms with van der Waals surface area (Å²) in [5.41, 5.74) is 2.26. The van der Waals surface area contributed by atoms with Gasteiger partial charge in [-0.25, -0.2) is 0 Å². The predicted octanol–water partition coefficient (Wildman–Crippen LogP) is 4.35. The van der Waals surface area contributed by atoms with Crippen LogP contribution >= 0.6 is 0 Å². The molecule has 0 N–H and O–H groups in total. The first-order chi connectivity index (χ1) is 18.6. The first-order valence-corrected chi connectivity index (χ1v) is 13.0. The fourth-order valence-corrected chi connectivity index (χ4v) is 5.12. The summed E-state index contributed by atoms with van der Waals surface area (Å²) in [6.07, 6.45) is -1.70. The van der Waals surface area contributed by atoms with Gasteiger partial charge in [0.05, 0.1) is 33.0 Å². The molecule has 7 heteroatoms. The molecule has 2 aliphatic rings. The molecule has 2 fully saturated rings. The predicted molar refractivity (Wildman–Crippen MR) is 142 cm³/mol. The standard InChI is InChI=1S/C31H35NO6/c1-23(33)32(2)27-28(35-19-25-14-8-4-9-15-25)29(36-20-26-16-10-5-11-17-26)31(22-37-30(27)38-31)21-34-18-24-12-6-3-7-13-24/h3-17,27-30H,18-22H2,1-2H3. The molecule has 2 saturated heterocycles. The second-order valence-electron chi connectivity index (χ2n) is 9.94. The fourth-order valence-electron chi connectivity index (χ4n) is 5.12. The van der Waals surface area contributed by atoms with Gasteiger partial charge in [0.25, 0.3) is 0 Å². The van der Waals surface area contributed by atoms with Crippen molar-refractivity contribution in [2.75, 3.05) is 20.3 Å². The van der Waals surface area contributed by atoms with Crippen LogP contribution in [-0.2, 0) is 48.3 Å². The zero-order valence-electron chi connectivity index (χ0n) is 21.9. The summed E-state index contributed by atoms with van der Waals surface area (Å²) in [6.45, 7) is 3.25. The first-order valence-electron chi connectivity index (χ1n) is 13.0. The number of benzene rings is 3. The van der Waals surface area contributed by atoms with Crippen molar-refractivity contribution in [2.24, 2.45) is 0 Å². The Kier molecular flexibility index (Phi) is 8.51. The van der Waals surface area contributed by atoms with Crippen molar-refractivity contribution in [3.63, 3.8) is 0 Å². The maximum Gasteiger partial charge on any atom is 0.219 e. The minimum atomic E-state index is -0.885. The van der Waals surface area contributed by atoms with Gasteiger partial charge >= 0.3 is 0 Å². The van der Waals surface area contributed by atoms with Gasteiger partial charge in [-0.15, -0.1) is 0 Å². The number of fused-ring (bicyclic) bond motifs is 2. The molecule has 2 heterocycles. The largest absolute Gasteiger partial charge is 0.374 e. The van der Waals surface area contributed by atoms with Crippen molar-refractivity contribution < 1.29 is 28.5 Å². The second kappa shape index (κ2) is 12.2. The smallest absolute Gasteiger partial charge is 0.219 e. The number of hydrogen-bond acceptors (Lipinski definition) is 6. The Morgan fingerprint density at radius 1 is 0.842 bits per heavy atom. The molecule has 5 rings (SSSR count). The van der Waals surface area contributed by atoms with E-state index in [1.807, 2.05) is 91.0 Å². The van der Waals surface area contributed by atoms with Crippen molar-refractivity contribution in [3.05, 3.63) is 108 Å². The number of carbonyl (C=O) groups is 1. The van der Waals surface area contributed by atoms with Crippen LogP contribution in [0.1, 0.15) is 23.6 Å². The molecule has 2 bridgehead atoms. The van der Waals surface area contributed by atoms with Crippen molar-refractivity contribution in [3.8, 4) is 0 Å². The lowest BCUT2D eigenvalue weighted by Crippen LogP contribution is -2.67. The lowest BCUT2D eigenvalue weighted by molar-refractivity contribution is -0.275. The Labute approximate surface area is 224 Å². The minimum Gasteiger partial charge on any atom is -0.374 e. The van der Waals surface area contributed by atoms with Gasteiger partial charge in [0.15, 0.2) is 6.29 Å². The van der Waals surface area contributed by atoms with Gasteiger partial charge in [-0.2, -0.15) is 0 Å². The second-order valence-corrected chi connectivity index (χ2v) is 9.94. The van der Waals surface area contributed by atoms with Crippen LogP contribution in [0.5, 0.6) is 0 Å². The molecular weight excluding hydrogens is 482 g/mol. The quantitative estimate of drug-likeness (QED) is 0.377. The van der Waals surface area contributed by atoms with Crippen LogP contribution in [0.3, 0.4) is 0 Å². The molecule has 3 aromatic carbocycles. The van der Waals surface area contributed by atoms with Gasteiger partial charge in [-0.3, -0.25) is 4.79 Å². The van der Waals surface area contributed by atoms with Gasteiger partial charge in [0, 0.05) is 14.0 Å². The van der Waals surface area contributed by atoms with Gasteiger partial charge < -0.3 is 28.6 Å². The summed E-state index contributed by atoms with van der Waals surface area (Å²) < 4.78 is 32.1. The SMILES string of the molecule is CC(=O)N(C)C1C2OCC(COCc3ccccc3)(O2)C(OCc2ccccc2)C1OCc1ccccc1. The highest BCUT2D eigenvalue weighted by atomic mass is 16.8. The first kappa shape index (κ1) is 26.5. The number of nitrogens with zero attached hydrogens (tertiary/aromatic N) is 1. The number of amides is 1. The molecule has 5 atom stereocenters. The fraction of sp³-hybridized carbons (Fsp3) is 0.387. The van der Waals surface area contributed by atoms with Crippen LogP contribution in [0.4, 0.5) is 0 Å². The maximum atomic E-state index is 12.5. The highest BCUT2D eigenvalue weighted by Crippen LogP contribution is 2.42. The van der Waals surface area contributed by atoms with Crippen LogP contribution < -0.4 is 0 Å². The Hall–Kier alpha value is -3.07. The van der Waals surface area contributed by atoms with E-state index in [9.17, 15) is 4.79 Å². The molecule has 5 unspecified atom stereocenters. The summed E-state index contributed by atoms with van der Waals surface area (Å²) in [5, 5.41) is 0. The zero-order chi connectivity index (χ0) is 26.4. The Morgan fingerprint density at radius 3 is 1.92 bits per heavy atom. The number of carbonyl (C=O) groups excluding carboxylic acids is 1. The van der Waals surface area contributed by atoms with Crippen LogP contribution in [0, 0.1) is 0 Å². The van der Waals surface area contributed by atoms with Crippen molar-refractivity contribution in [1.82, 2.24) is 4.90 Å². The van der Waals surface area contributed by atoms with E-state index in [0.717, 1.165) is 16.7 Å². The van der Waals surface area contributed by atoms with Crippen molar-refractivity contribution >= 4 is 5.91 Å². The molecular formula is C31H35NO6. The van der Waals surface area contributed by atoms with E-state index in [1.54, 1.807) is 11.9 Å². The van der Waals surface area contributed by atoms with Crippen LogP contribution in [0.25, 0.3) is 0 Å². The van der Waals surface area contributed by atoms with Crippen molar-refractivity contribution in [1.29, 1.82) is 0 Å². The average Bonchev–Trinajstić information content (AvgIpc) is 3.32. The summed E-state index contributed by atoms with van der Waals surface area (Å²) in [6, 6.07) is 29.5. The third kappa shape index (κ3) is 5.98. The van der Waals surface area contributed by atoms with Gasteiger partial charge in [0.1, 0.15) is 23.9 Å². The van der Waals surface area contributed by atoms with Gasteiger partial charge in [-0.05, 0) is 16.7 Å². The van der Waals surface area contributed by atoms with E-state index in [4.69, 9.17) is 23.7 Å². The maximum absolute atomic E-state index is 12.5. The molecule has 0 radical (unpaired) electrons. The van der Waals surface area contributed by atoms with E-state index in [-0.39, 0.29) is 19.1 Å². The molecule has 0 aliphatic carbocycles. The molecule has 0 spiro atoms. The van der Waals surface area contributed by atoms with Gasteiger partial charge in [-0.1, -0.05) is 91.0 Å². The lowest BCUT2D eigenvalue weighted by Gasteiger charge is -2.48. The number of hydrogen-bond donors (Lipinski definition) is 0. The van der Waals surface area contributed by atoms with E-state index in [1.165, 1.54) is 6.92 Å². The molecule has 0 saturated carbocycles. The third-order valence-electron chi connectivity index (χ3n) is 7.23. The number of likely N-dealkylation sites (N-methyl/N-ethyl adjacent to an activating group) is 1. The van der Waals surface area contributed by atoms with Crippen LogP contribution in [-0.4, -0.2) is 61.2 Å². The van der Waals surface area contributed by atoms with E-state index < -0.39 is 30.1 Å². The number of ether oxygens (including phenoxy) is 5. The summed E-state index contributed by atoms with van der Waals surface area (Å²) in [7, 11) is 1.75. The molecule has 200 valence electrons. The molecule has 38 heavy (non-hydrogen) atoms. The average molecular weight is 518 g/mol. The third-order valence-corrected chi connectivity index (χ3v) is 7.23. The molecule has 1 amide bonds. The Balaban J connectivity index is 1.43. The lowest BCUT2D eigenvalue weighted by atomic mass is 9.87. The Bertz CT molecular complexity index is 1160. The van der Waals surface area contributed by atoms with E-state index >= 15 is 0 Å². The Morgan fingerprint density at radius 2 is 1.37 bits per heavy atom. The summed E-state index contributed by atoms with van der Waals surface area (Å²) >= 11 is 0. The minimum absolute atomic E-state index is 0.1000. The zero-order valence-corrected chi connectivity index (χ0v) is 21.9. The highest BCUT2D eigenvalue weighted by molar-refractivity contribution is 5.73. The molecule has 2 aliphatic heterocycles. The van der Waals surface area contributed by atoms with Crippen LogP contribution in [0.15, 0.2) is 91.0 Å². The molecule has 7 nitrogen and oxygen atoms in total. The van der Waals surface area contributed by atoms with Crippen molar-refractivity contribution in [2.45, 2.75) is 56.9 Å². The normalized spacial score (nSPS) is 26.3. The summed E-state index contributed by atoms with van der Waals surface area (Å²) in [4.78, 5) is 14.2. The molecule has 3 aromatic rings.